The summed E-state index contributed by atoms with van der Waals surface area (Å²) >= 11 is 0. The lowest BCUT2D eigenvalue weighted by Crippen LogP contribution is -2.39. The van der Waals surface area contributed by atoms with Crippen LogP contribution in [0, 0.1) is 0 Å². The summed E-state index contributed by atoms with van der Waals surface area (Å²) in [6.07, 6.45) is -2.11. The maximum Gasteiger partial charge on any atom is 0.167 e. The molecule has 0 aromatic rings. The summed E-state index contributed by atoms with van der Waals surface area (Å²) in [6, 6.07) is 0. The smallest absolute Gasteiger partial charge is 0.167 e. The summed E-state index contributed by atoms with van der Waals surface area (Å²) < 4.78 is 0. The Kier molecular flexibility index (Phi) is 3.48. The third-order valence-electron chi connectivity index (χ3n) is 1.72. The minimum absolute atomic E-state index is 0.0735. The lowest BCUT2D eigenvalue weighted by Gasteiger charge is -2.25. The number of rotatable bonds is 3. The van der Waals surface area contributed by atoms with Crippen LogP contribution in [0.25, 0.3) is 0 Å². The monoisotopic (exact) mass is 173 g/mol. The van der Waals surface area contributed by atoms with Gasteiger partial charge < -0.3 is 15.3 Å². The molecule has 1 aliphatic rings. The third-order valence-corrected chi connectivity index (χ3v) is 1.72. The highest BCUT2D eigenvalue weighted by Crippen LogP contribution is 2.21. The van der Waals surface area contributed by atoms with E-state index >= 15 is 0 Å². The van der Waals surface area contributed by atoms with Crippen LogP contribution < -0.4 is 0 Å². The van der Waals surface area contributed by atoms with Gasteiger partial charge in [0.2, 0.25) is 0 Å². The molecule has 3 N–H and O–H groups in total. The SMILES string of the molecule is [B]CC(O)ON1C(O)CCC1O. The highest BCUT2D eigenvalue weighted by atomic mass is 16.8. The van der Waals surface area contributed by atoms with Gasteiger partial charge in [-0.15, -0.1) is 5.06 Å². The Bertz CT molecular complexity index is 138. The first-order valence-corrected chi connectivity index (χ1v) is 3.84. The van der Waals surface area contributed by atoms with E-state index < -0.39 is 18.7 Å². The number of aliphatic hydroxyl groups is 3. The molecule has 3 atom stereocenters. The fraction of sp³-hybridized carbons (Fsp3) is 1.00. The van der Waals surface area contributed by atoms with Gasteiger partial charge in [-0.3, -0.25) is 4.84 Å². The van der Waals surface area contributed by atoms with E-state index in [0.29, 0.717) is 12.8 Å². The molecule has 0 bridgehead atoms. The van der Waals surface area contributed by atoms with Crippen LogP contribution >= 0.6 is 0 Å². The zero-order valence-electron chi connectivity index (χ0n) is 6.63. The van der Waals surface area contributed by atoms with Crippen LogP contribution in [0.5, 0.6) is 0 Å². The number of hydrogen-bond donors (Lipinski definition) is 3. The second-order valence-corrected chi connectivity index (χ2v) is 2.69. The van der Waals surface area contributed by atoms with Crippen molar-refractivity contribution in [2.24, 2.45) is 0 Å². The molecular weight excluding hydrogens is 161 g/mol. The Morgan fingerprint density at radius 3 is 2.33 bits per heavy atom. The van der Waals surface area contributed by atoms with E-state index in [2.05, 4.69) is 0 Å². The molecule has 68 valence electrons. The van der Waals surface area contributed by atoms with Gasteiger partial charge in [0.05, 0.1) is 7.85 Å². The average molecular weight is 173 g/mol. The molecule has 6 heteroatoms. The van der Waals surface area contributed by atoms with Crippen molar-refractivity contribution >= 4 is 7.85 Å². The van der Waals surface area contributed by atoms with Crippen molar-refractivity contribution in [2.75, 3.05) is 0 Å². The molecule has 1 heterocycles. The molecule has 1 fully saturated rings. The van der Waals surface area contributed by atoms with Gasteiger partial charge in [0.15, 0.2) is 6.29 Å². The number of hydrogen-bond acceptors (Lipinski definition) is 5. The molecule has 1 aliphatic heterocycles. The summed E-state index contributed by atoms with van der Waals surface area (Å²) in [6.45, 7) is 0. The van der Waals surface area contributed by atoms with Crippen LogP contribution in [0.15, 0.2) is 0 Å². The molecule has 0 aromatic carbocycles. The van der Waals surface area contributed by atoms with Crippen LogP contribution in [0.4, 0.5) is 0 Å². The van der Waals surface area contributed by atoms with E-state index in [0.717, 1.165) is 5.06 Å². The molecule has 0 aliphatic carbocycles. The second-order valence-electron chi connectivity index (χ2n) is 2.69. The topological polar surface area (TPSA) is 73.2 Å². The van der Waals surface area contributed by atoms with Gasteiger partial charge in [-0.1, -0.05) is 0 Å². The lowest BCUT2D eigenvalue weighted by molar-refractivity contribution is -0.332. The minimum atomic E-state index is -1.17. The quantitative estimate of drug-likeness (QED) is 0.360. The maximum atomic E-state index is 9.19. The highest BCUT2D eigenvalue weighted by molar-refractivity contribution is 6.08. The Morgan fingerprint density at radius 1 is 1.42 bits per heavy atom. The highest BCUT2D eigenvalue weighted by Gasteiger charge is 2.32. The summed E-state index contributed by atoms with van der Waals surface area (Å²) in [4.78, 5) is 4.75. The molecule has 0 saturated carbocycles. The van der Waals surface area contributed by atoms with Crippen LogP contribution in [-0.4, -0.2) is 47.0 Å². The number of nitrogens with zero attached hydrogens (tertiary/aromatic N) is 1. The molecule has 12 heavy (non-hydrogen) atoms. The van der Waals surface area contributed by atoms with Crippen molar-refractivity contribution in [3.63, 3.8) is 0 Å². The van der Waals surface area contributed by atoms with Crippen LogP contribution in [0.1, 0.15) is 12.8 Å². The van der Waals surface area contributed by atoms with Gasteiger partial charge >= 0.3 is 0 Å². The molecule has 1 saturated heterocycles. The van der Waals surface area contributed by atoms with Crippen LogP contribution in [0.3, 0.4) is 0 Å². The normalized spacial score (nSPS) is 33.9. The fourth-order valence-corrected chi connectivity index (χ4v) is 1.08. The van der Waals surface area contributed by atoms with E-state index in [4.69, 9.17) is 17.8 Å². The van der Waals surface area contributed by atoms with Gasteiger partial charge in [0.25, 0.3) is 0 Å². The Morgan fingerprint density at radius 2 is 1.92 bits per heavy atom. The van der Waals surface area contributed by atoms with Gasteiger partial charge in [-0.05, 0) is 19.2 Å². The van der Waals surface area contributed by atoms with E-state index in [1.807, 2.05) is 0 Å². The average Bonchev–Trinajstić information content (AvgIpc) is 2.35. The zero-order chi connectivity index (χ0) is 9.14. The van der Waals surface area contributed by atoms with Crippen molar-refractivity contribution in [1.82, 2.24) is 5.06 Å². The molecular formula is C6H12BNO4. The van der Waals surface area contributed by atoms with Crippen molar-refractivity contribution in [1.29, 1.82) is 0 Å². The summed E-state index contributed by atoms with van der Waals surface area (Å²) in [5.74, 6) is 0. The predicted molar refractivity (Wildman–Crippen MR) is 40.7 cm³/mol. The van der Waals surface area contributed by atoms with Crippen molar-refractivity contribution in [2.45, 2.75) is 37.9 Å². The second kappa shape index (κ2) is 4.20. The van der Waals surface area contributed by atoms with Crippen molar-refractivity contribution in [3.8, 4) is 0 Å². The zero-order valence-corrected chi connectivity index (χ0v) is 6.63. The minimum Gasteiger partial charge on any atom is -0.376 e. The largest absolute Gasteiger partial charge is 0.376 e. The number of hydroxylamine groups is 2. The maximum absolute atomic E-state index is 9.19. The van der Waals surface area contributed by atoms with Gasteiger partial charge in [-0.25, -0.2) is 0 Å². The first kappa shape index (κ1) is 9.95. The fourth-order valence-electron chi connectivity index (χ4n) is 1.08. The van der Waals surface area contributed by atoms with E-state index in [-0.39, 0.29) is 6.32 Å². The Balaban J connectivity index is 2.38. The number of aliphatic hydroxyl groups excluding tert-OH is 3. The van der Waals surface area contributed by atoms with Crippen LogP contribution in [-0.2, 0) is 4.84 Å². The summed E-state index contributed by atoms with van der Waals surface area (Å²) in [7, 11) is 5.08. The van der Waals surface area contributed by atoms with Crippen LogP contribution in [0.2, 0.25) is 6.32 Å². The van der Waals surface area contributed by atoms with E-state index in [1.165, 1.54) is 0 Å². The van der Waals surface area contributed by atoms with E-state index in [1.54, 1.807) is 0 Å². The van der Waals surface area contributed by atoms with Gasteiger partial charge in [0.1, 0.15) is 12.5 Å². The lowest BCUT2D eigenvalue weighted by atomic mass is 10.1. The van der Waals surface area contributed by atoms with Crippen molar-refractivity contribution < 1.29 is 20.2 Å². The van der Waals surface area contributed by atoms with Gasteiger partial charge in [-0.2, -0.15) is 0 Å². The molecule has 1 rings (SSSR count). The standard InChI is InChI=1S/C6H12BNO4/c7-3-6(11)12-8-4(9)1-2-5(8)10/h4-6,9-11H,1-3H2. The first-order valence-electron chi connectivity index (χ1n) is 3.84. The molecule has 3 unspecified atom stereocenters. The Labute approximate surface area is 71.9 Å². The molecule has 5 nitrogen and oxygen atoms in total. The molecule has 0 amide bonds. The third kappa shape index (κ3) is 2.18. The summed E-state index contributed by atoms with van der Waals surface area (Å²) in [5, 5.41) is 28.3. The molecule has 2 radical (unpaired) electrons. The van der Waals surface area contributed by atoms with E-state index in [9.17, 15) is 10.2 Å². The molecule has 0 spiro atoms. The Hall–Kier alpha value is -0.135. The van der Waals surface area contributed by atoms with Crippen molar-refractivity contribution in [3.05, 3.63) is 0 Å². The molecule has 0 aromatic heterocycles. The van der Waals surface area contributed by atoms with Gasteiger partial charge in [0, 0.05) is 0 Å². The predicted octanol–water partition coefficient (Wildman–Crippen LogP) is -1.44. The first-order chi connectivity index (χ1) is 5.65. The summed E-state index contributed by atoms with van der Waals surface area (Å²) in [5.41, 5.74) is 0.